The van der Waals surface area contributed by atoms with Crippen molar-refractivity contribution in [2.75, 3.05) is 6.54 Å². The van der Waals surface area contributed by atoms with E-state index in [9.17, 15) is 9.59 Å². The highest BCUT2D eigenvalue weighted by Crippen LogP contribution is 2.19. The van der Waals surface area contributed by atoms with Crippen molar-refractivity contribution in [1.82, 2.24) is 24.8 Å². The Morgan fingerprint density at radius 3 is 2.80 bits per heavy atom. The van der Waals surface area contributed by atoms with Crippen LogP contribution < -0.4 is 5.32 Å². The fourth-order valence-corrected chi connectivity index (χ4v) is 3.40. The number of carbonyl (C=O) groups is 2. The molecule has 0 saturated heterocycles. The molecule has 0 radical (unpaired) electrons. The van der Waals surface area contributed by atoms with Crippen molar-refractivity contribution in [3.63, 3.8) is 0 Å². The first-order chi connectivity index (χ1) is 14.6. The Balaban J connectivity index is 1.38. The van der Waals surface area contributed by atoms with Gasteiger partial charge in [0, 0.05) is 57.3 Å². The van der Waals surface area contributed by atoms with E-state index in [1.807, 2.05) is 54.4 Å². The van der Waals surface area contributed by atoms with Gasteiger partial charge in [0.15, 0.2) is 0 Å². The van der Waals surface area contributed by atoms with E-state index >= 15 is 0 Å². The van der Waals surface area contributed by atoms with Crippen LogP contribution in [0.25, 0.3) is 6.08 Å². The van der Waals surface area contributed by atoms with E-state index < -0.39 is 0 Å². The molecule has 1 aliphatic rings. The highest BCUT2D eigenvalue weighted by atomic mass is 16.2. The number of pyridine rings is 1. The first-order valence-electron chi connectivity index (χ1n) is 9.83. The van der Waals surface area contributed by atoms with E-state index in [4.69, 9.17) is 0 Å². The van der Waals surface area contributed by atoms with Gasteiger partial charge in [-0.2, -0.15) is 0 Å². The van der Waals surface area contributed by atoms with Crippen LogP contribution in [0, 0.1) is 0 Å². The zero-order valence-electron chi connectivity index (χ0n) is 16.8. The normalized spacial score (nSPS) is 13.3. The summed E-state index contributed by atoms with van der Waals surface area (Å²) in [6, 6.07) is 11.8. The summed E-state index contributed by atoms with van der Waals surface area (Å²) in [7, 11) is 1.82. The van der Waals surface area contributed by atoms with E-state index in [1.165, 1.54) is 0 Å². The maximum absolute atomic E-state index is 12.6. The van der Waals surface area contributed by atoms with Crippen LogP contribution in [0.2, 0.25) is 0 Å². The van der Waals surface area contributed by atoms with Gasteiger partial charge in [-0.3, -0.25) is 14.6 Å². The van der Waals surface area contributed by atoms with Gasteiger partial charge in [0.2, 0.25) is 5.91 Å². The highest BCUT2D eigenvalue weighted by Gasteiger charge is 2.20. The van der Waals surface area contributed by atoms with Crippen LogP contribution >= 0.6 is 0 Å². The average Bonchev–Trinajstić information content (AvgIpc) is 3.22. The first kappa shape index (κ1) is 19.6. The monoisotopic (exact) mass is 401 g/mol. The topological polar surface area (TPSA) is 80.1 Å². The molecule has 3 heterocycles. The van der Waals surface area contributed by atoms with Crippen LogP contribution in [-0.4, -0.2) is 37.8 Å². The number of hydrogen-bond acceptors (Lipinski definition) is 4. The summed E-state index contributed by atoms with van der Waals surface area (Å²) in [5.41, 5.74) is 4.30. The van der Waals surface area contributed by atoms with Crippen LogP contribution in [-0.2, 0) is 31.4 Å². The van der Waals surface area contributed by atoms with Crippen molar-refractivity contribution in [1.29, 1.82) is 0 Å². The average molecular weight is 401 g/mol. The summed E-state index contributed by atoms with van der Waals surface area (Å²) < 4.78 is 1.73. The van der Waals surface area contributed by atoms with Gasteiger partial charge < -0.3 is 14.8 Å². The molecular weight excluding hydrogens is 378 g/mol. The number of nitrogens with one attached hydrogen (secondary N) is 1. The SMILES string of the molecule is Cn1cnc(C(=O)NCc2cnc3c(c2)CN(C(=O)C=Cc2ccccc2)CC3)c1. The van der Waals surface area contributed by atoms with Crippen molar-refractivity contribution in [3.8, 4) is 0 Å². The lowest BCUT2D eigenvalue weighted by Gasteiger charge is -2.27. The molecule has 2 amide bonds. The summed E-state index contributed by atoms with van der Waals surface area (Å²) >= 11 is 0. The molecule has 0 aliphatic carbocycles. The molecule has 0 fully saturated rings. The highest BCUT2D eigenvalue weighted by molar-refractivity contribution is 5.92. The number of imidazole rings is 1. The lowest BCUT2D eigenvalue weighted by molar-refractivity contribution is -0.126. The van der Waals surface area contributed by atoms with E-state index in [0.717, 1.165) is 28.8 Å². The van der Waals surface area contributed by atoms with Crippen molar-refractivity contribution in [2.45, 2.75) is 19.5 Å². The summed E-state index contributed by atoms with van der Waals surface area (Å²) in [5, 5.41) is 2.86. The molecule has 4 rings (SSSR count). The smallest absolute Gasteiger partial charge is 0.271 e. The standard InChI is InChI=1S/C23H23N5O2/c1-27-15-21(26-16-27)23(30)25-13-18-11-19-14-28(10-9-20(19)24-12-18)22(29)8-7-17-5-3-2-4-6-17/h2-8,11-12,15-16H,9-10,13-14H2,1H3,(H,25,30). The zero-order chi connectivity index (χ0) is 20.9. The molecule has 30 heavy (non-hydrogen) atoms. The molecule has 0 spiro atoms. The number of benzene rings is 1. The Hall–Kier alpha value is -3.74. The molecule has 7 nitrogen and oxygen atoms in total. The Kier molecular flexibility index (Phi) is 5.70. The first-order valence-corrected chi connectivity index (χ1v) is 9.83. The van der Waals surface area contributed by atoms with Gasteiger partial charge in [-0.15, -0.1) is 0 Å². The lowest BCUT2D eigenvalue weighted by Crippen LogP contribution is -2.35. The van der Waals surface area contributed by atoms with Crippen molar-refractivity contribution >= 4 is 17.9 Å². The molecule has 2 aromatic heterocycles. The van der Waals surface area contributed by atoms with Gasteiger partial charge in [-0.25, -0.2) is 4.98 Å². The Morgan fingerprint density at radius 1 is 1.20 bits per heavy atom. The fourth-order valence-electron chi connectivity index (χ4n) is 3.40. The van der Waals surface area contributed by atoms with Crippen LogP contribution in [0.5, 0.6) is 0 Å². The molecule has 1 N–H and O–H groups in total. The fraction of sp³-hybridized carbons (Fsp3) is 0.217. The Morgan fingerprint density at radius 2 is 2.03 bits per heavy atom. The van der Waals surface area contributed by atoms with Gasteiger partial charge in [0.25, 0.3) is 5.91 Å². The van der Waals surface area contributed by atoms with Crippen LogP contribution in [0.3, 0.4) is 0 Å². The second-order valence-corrected chi connectivity index (χ2v) is 7.31. The number of nitrogens with zero attached hydrogens (tertiary/aromatic N) is 4. The molecule has 3 aromatic rings. The van der Waals surface area contributed by atoms with Gasteiger partial charge in [0.1, 0.15) is 5.69 Å². The lowest BCUT2D eigenvalue weighted by atomic mass is 10.0. The molecule has 0 saturated carbocycles. The zero-order valence-corrected chi connectivity index (χ0v) is 16.8. The van der Waals surface area contributed by atoms with E-state index in [2.05, 4.69) is 15.3 Å². The van der Waals surface area contributed by atoms with Gasteiger partial charge in [0.05, 0.1) is 6.33 Å². The number of rotatable bonds is 5. The minimum Gasteiger partial charge on any atom is -0.347 e. The van der Waals surface area contributed by atoms with Gasteiger partial charge in [-0.05, 0) is 28.8 Å². The van der Waals surface area contributed by atoms with E-state index in [0.29, 0.717) is 25.3 Å². The third kappa shape index (κ3) is 4.63. The summed E-state index contributed by atoms with van der Waals surface area (Å²) in [6.07, 6.45) is 9.22. The van der Waals surface area contributed by atoms with E-state index in [1.54, 1.807) is 29.4 Å². The van der Waals surface area contributed by atoms with Gasteiger partial charge in [-0.1, -0.05) is 30.3 Å². The second kappa shape index (κ2) is 8.73. The molecular formula is C23H23N5O2. The molecule has 0 atom stereocenters. The molecule has 0 bridgehead atoms. The van der Waals surface area contributed by atoms with Crippen molar-refractivity contribution in [3.05, 3.63) is 89.3 Å². The van der Waals surface area contributed by atoms with Crippen LogP contribution in [0.15, 0.2) is 61.2 Å². The maximum atomic E-state index is 12.6. The van der Waals surface area contributed by atoms with E-state index in [-0.39, 0.29) is 11.8 Å². The molecule has 1 aromatic carbocycles. The third-order valence-electron chi connectivity index (χ3n) is 5.02. The predicted octanol–water partition coefficient (Wildman–Crippen LogP) is 2.34. The maximum Gasteiger partial charge on any atom is 0.271 e. The van der Waals surface area contributed by atoms with Gasteiger partial charge >= 0.3 is 0 Å². The minimum atomic E-state index is -0.226. The minimum absolute atomic E-state index is 0.0154. The number of aromatic nitrogens is 3. The summed E-state index contributed by atoms with van der Waals surface area (Å²) in [5.74, 6) is -0.241. The van der Waals surface area contributed by atoms with Crippen molar-refractivity contribution in [2.24, 2.45) is 7.05 Å². The number of carbonyl (C=O) groups excluding carboxylic acids is 2. The molecule has 0 unspecified atom stereocenters. The molecule has 7 heteroatoms. The number of fused-ring (bicyclic) bond motifs is 1. The third-order valence-corrected chi connectivity index (χ3v) is 5.02. The number of amides is 2. The summed E-state index contributed by atoms with van der Waals surface area (Å²) in [6.45, 7) is 1.52. The Labute approximate surface area is 175 Å². The quantitative estimate of drug-likeness (QED) is 0.666. The summed E-state index contributed by atoms with van der Waals surface area (Å²) in [4.78, 5) is 35.2. The largest absolute Gasteiger partial charge is 0.347 e. The number of aryl methyl sites for hydroxylation is 1. The Bertz CT molecular complexity index is 1090. The van der Waals surface area contributed by atoms with Crippen LogP contribution in [0.4, 0.5) is 0 Å². The predicted molar refractivity (Wildman–Crippen MR) is 113 cm³/mol. The number of hydrogen-bond donors (Lipinski definition) is 1. The second-order valence-electron chi connectivity index (χ2n) is 7.31. The molecule has 1 aliphatic heterocycles. The van der Waals surface area contributed by atoms with Crippen molar-refractivity contribution < 1.29 is 9.59 Å². The van der Waals surface area contributed by atoms with Crippen LogP contribution in [0.1, 0.15) is 32.9 Å². The molecule has 152 valence electrons.